The molecule has 5 aromatic carbocycles. The molecule has 2 heterocycles. The Morgan fingerprint density at radius 3 is 1.63 bits per heavy atom. The van der Waals surface area contributed by atoms with Crippen molar-refractivity contribution >= 4 is 78.3 Å². The van der Waals surface area contributed by atoms with Crippen LogP contribution in [0.15, 0.2) is 125 Å². The largest absolute Gasteiger partial charge is 0.440 e. The Balaban J connectivity index is 1.44. The number of rotatable bonds is 6. The Labute approximate surface area is 312 Å². The van der Waals surface area contributed by atoms with Gasteiger partial charge < -0.3 is 9.32 Å². The molecule has 3 nitrogen and oxygen atoms in total. The Bertz CT molecular complexity index is 2290. The molecule has 0 atom stereocenters. The predicted molar refractivity (Wildman–Crippen MR) is 222 cm³/mol. The molecular weight excluding hydrogens is 664 g/mol. The van der Waals surface area contributed by atoms with Gasteiger partial charge in [0.15, 0.2) is 0 Å². The SMILES string of the molecule is CC(C)(C)c1ccc(N(c2cc(Cl)cc(N(c3ccc(C(C)(C)C)cc3)c3csc4ccc(C(C)(C)C)cc34)c2)c2cc3ccccc3o2)cc1. The quantitative estimate of drug-likeness (QED) is 0.171. The van der Waals surface area contributed by atoms with Crippen molar-refractivity contribution in [1.82, 2.24) is 0 Å². The molecule has 5 heteroatoms. The van der Waals surface area contributed by atoms with Crippen LogP contribution in [-0.4, -0.2) is 0 Å². The zero-order valence-corrected chi connectivity index (χ0v) is 32.7. The normalized spacial score (nSPS) is 12.5. The minimum absolute atomic E-state index is 0.0193. The van der Waals surface area contributed by atoms with Crippen LogP contribution in [0.5, 0.6) is 0 Å². The highest BCUT2D eigenvalue weighted by molar-refractivity contribution is 7.17. The molecule has 0 aliphatic carbocycles. The summed E-state index contributed by atoms with van der Waals surface area (Å²) in [6, 6.07) is 41.2. The number of hydrogen-bond acceptors (Lipinski definition) is 4. The van der Waals surface area contributed by atoms with Crippen molar-refractivity contribution in [3.63, 3.8) is 0 Å². The summed E-state index contributed by atoms with van der Waals surface area (Å²) < 4.78 is 7.80. The Morgan fingerprint density at radius 2 is 1.06 bits per heavy atom. The van der Waals surface area contributed by atoms with Gasteiger partial charge in [0, 0.05) is 49.0 Å². The molecule has 260 valence electrons. The Hall–Kier alpha value is -4.51. The molecule has 0 aliphatic rings. The highest BCUT2D eigenvalue weighted by Gasteiger charge is 2.25. The molecule has 0 saturated carbocycles. The smallest absolute Gasteiger partial charge is 0.205 e. The van der Waals surface area contributed by atoms with Gasteiger partial charge in [-0.1, -0.05) is 122 Å². The average molecular weight is 711 g/mol. The van der Waals surface area contributed by atoms with E-state index in [1.54, 1.807) is 11.3 Å². The van der Waals surface area contributed by atoms with Gasteiger partial charge in [0.05, 0.1) is 11.4 Å². The maximum Gasteiger partial charge on any atom is 0.205 e. The van der Waals surface area contributed by atoms with Gasteiger partial charge in [-0.05, 0) is 93.6 Å². The van der Waals surface area contributed by atoms with Crippen molar-refractivity contribution in [3.8, 4) is 0 Å². The molecule has 7 rings (SSSR count). The number of fused-ring (bicyclic) bond motifs is 2. The van der Waals surface area contributed by atoms with Crippen LogP contribution in [0.25, 0.3) is 21.1 Å². The van der Waals surface area contributed by atoms with Crippen molar-refractivity contribution in [2.75, 3.05) is 9.80 Å². The van der Waals surface area contributed by atoms with E-state index >= 15 is 0 Å². The van der Waals surface area contributed by atoms with Crippen LogP contribution in [-0.2, 0) is 16.2 Å². The number of anilines is 6. The third kappa shape index (κ3) is 7.05. The number of thiophene rings is 1. The fourth-order valence-corrected chi connectivity index (χ4v) is 7.73. The first-order valence-corrected chi connectivity index (χ1v) is 18.9. The molecule has 0 spiro atoms. The molecular formula is C46H47ClN2OS. The second-order valence-corrected chi connectivity index (χ2v) is 18.0. The van der Waals surface area contributed by atoms with Crippen LogP contribution in [0.3, 0.4) is 0 Å². The second-order valence-electron chi connectivity index (χ2n) is 16.6. The fraction of sp³-hybridized carbons (Fsp3) is 0.261. The molecule has 0 N–H and O–H groups in total. The lowest BCUT2D eigenvalue weighted by Gasteiger charge is -2.29. The van der Waals surface area contributed by atoms with Crippen LogP contribution >= 0.6 is 22.9 Å². The Morgan fingerprint density at radius 1 is 0.529 bits per heavy atom. The molecule has 0 saturated heterocycles. The lowest BCUT2D eigenvalue weighted by Crippen LogP contribution is -2.15. The summed E-state index contributed by atoms with van der Waals surface area (Å²) in [5, 5.41) is 5.19. The van der Waals surface area contributed by atoms with Gasteiger partial charge in [0.1, 0.15) is 5.58 Å². The van der Waals surface area contributed by atoms with Crippen LogP contribution < -0.4 is 9.80 Å². The van der Waals surface area contributed by atoms with Crippen LogP contribution in [0.4, 0.5) is 34.3 Å². The maximum absolute atomic E-state index is 7.13. The van der Waals surface area contributed by atoms with E-state index in [2.05, 4.69) is 168 Å². The minimum atomic E-state index is 0.0193. The molecule has 7 aromatic rings. The summed E-state index contributed by atoms with van der Waals surface area (Å²) in [6.45, 7) is 20.3. The predicted octanol–water partition coefficient (Wildman–Crippen LogP) is 15.1. The maximum atomic E-state index is 7.13. The minimum Gasteiger partial charge on any atom is -0.440 e. The summed E-state index contributed by atoms with van der Waals surface area (Å²) in [7, 11) is 0. The molecule has 0 fully saturated rings. The Kier molecular flexibility index (Phi) is 8.84. The fourth-order valence-electron chi connectivity index (χ4n) is 6.60. The van der Waals surface area contributed by atoms with E-state index in [0.29, 0.717) is 5.02 Å². The first-order valence-electron chi connectivity index (χ1n) is 17.7. The van der Waals surface area contributed by atoms with E-state index in [-0.39, 0.29) is 16.2 Å². The van der Waals surface area contributed by atoms with Gasteiger partial charge in [-0.3, -0.25) is 4.90 Å². The number of nitrogens with zero attached hydrogens (tertiary/aromatic N) is 2. The van der Waals surface area contributed by atoms with Crippen molar-refractivity contribution in [2.45, 2.75) is 78.6 Å². The summed E-state index contributed by atoms with van der Waals surface area (Å²) in [4.78, 5) is 4.53. The highest BCUT2D eigenvalue weighted by atomic mass is 35.5. The lowest BCUT2D eigenvalue weighted by atomic mass is 9.86. The number of halogens is 1. The number of para-hydroxylation sites is 1. The number of furan rings is 1. The number of hydrogen-bond donors (Lipinski definition) is 0. The zero-order valence-electron chi connectivity index (χ0n) is 31.1. The topological polar surface area (TPSA) is 19.6 Å². The molecule has 0 bridgehead atoms. The highest BCUT2D eigenvalue weighted by Crippen LogP contribution is 2.47. The third-order valence-electron chi connectivity index (χ3n) is 9.66. The van der Waals surface area contributed by atoms with Crippen molar-refractivity contribution in [2.24, 2.45) is 0 Å². The average Bonchev–Trinajstić information content (AvgIpc) is 3.68. The molecule has 0 radical (unpaired) electrons. The van der Waals surface area contributed by atoms with Gasteiger partial charge in [-0.15, -0.1) is 11.3 Å². The van der Waals surface area contributed by atoms with Gasteiger partial charge in [-0.25, -0.2) is 0 Å². The first kappa shape index (κ1) is 34.9. The van der Waals surface area contributed by atoms with E-state index < -0.39 is 0 Å². The molecule has 2 aromatic heterocycles. The second kappa shape index (κ2) is 12.9. The summed E-state index contributed by atoms with van der Waals surface area (Å²) in [5.41, 5.74) is 9.86. The summed E-state index contributed by atoms with van der Waals surface area (Å²) in [6.07, 6.45) is 0. The van der Waals surface area contributed by atoms with E-state index in [9.17, 15) is 0 Å². The first-order chi connectivity index (χ1) is 24.1. The van der Waals surface area contributed by atoms with E-state index in [1.165, 1.54) is 26.8 Å². The summed E-state index contributed by atoms with van der Waals surface area (Å²) >= 11 is 8.91. The molecule has 0 amide bonds. The van der Waals surface area contributed by atoms with Crippen molar-refractivity contribution in [3.05, 3.63) is 142 Å². The standard InChI is InChI=1S/C46H47ClN2OS/c1-44(2,3)31-14-19-35(20-15-31)48(40-29-51-42-23-18-33(25-39(40)42)46(7,8)9)37-26-34(47)27-38(28-37)49(36-21-16-32(17-22-36)45(4,5)6)43-24-30-12-10-11-13-41(30)50-43/h10-29H,1-9H3. The van der Waals surface area contributed by atoms with E-state index in [4.69, 9.17) is 16.0 Å². The zero-order chi connectivity index (χ0) is 36.3. The van der Waals surface area contributed by atoms with Gasteiger partial charge in [-0.2, -0.15) is 0 Å². The van der Waals surface area contributed by atoms with E-state index in [0.717, 1.165) is 45.3 Å². The van der Waals surface area contributed by atoms with Crippen LogP contribution in [0.1, 0.15) is 79.0 Å². The van der Waals surface area contributed by atoms with E-state index in [1.807, 2.05) is 24.3 Å². The molecule has 0 aliphatic heterocycles. The lowest BCUT2D eigenvalue weighted by molar-refractivity contribution is 0.590. The van der Waals surface area contributed by atoms with Gasteiger partial charge in [0.25, 0.3) is 0 Å². The number of benzene rings is 5. The molecule has 0 unspecified atom stereocenters. The van der Waals surface area contributed by atoms with Crippen LogP contribution in [0.2, 0.25) is 5.02 Å². The summed E-state index contributed by atoms with van der Waals surface area (Å²) in [5.74, 6) is 0.727. The monoisotopic (exact) mass is 710 g/mol. The van der Waals surface area contributed by atoms with Gasteiger partial charge >= 0.3 is 0 Å². The third-order valence-corrected chi connectivity index (χ3v) is 10.8. The van der Waals surface area contributed by atoms with Crippen LogP contribution in [0, 0.1) is 0 Å². The van der Waals surface area contributed by atoms with Crippen molar-refractivity contribution < 1.29 is 4.42 Å². The molecule has 51 heavy (non-hydrogen) atoms. The van der Waals surface area contributed by atoms with Gasteiger partial charge in [0.2, 0.25) is 5.88 Å². The van der Waals surface area contributed by atoms with Crippen molar-refractivity contribution in [1.29, 1.82) is 0 Å².